The Balaban J connectivity index is 1.98. The number of benzene rings is 2. The number of alkyl halides is 2. The van der Waals surface area contributed by atoms with Crippen molar-refractivity contribution in [2.24, 2.45) is 4.99 Å². The van der Waals surface area contributed by atoms with Crippen LogP contribution in [0.5, 0.6) is 11.5 Å². The zero-order valence-electron chi connectivity index (χ0n) is 15.4. The first-order valence-electron chi connectivity index (χ1n) is 8.24. The van der Waals surface area contributed by atoms with Crippen LogP contribution < -0.4 is 20.1 Å². The largest absolute Gasteiger partial charge is 0.494 e. The van der Waals surface area contributed by atoms with Crippen molar-refractivity contribution in [3.63, 3.8) is 0 Å². The smallest absolute Gasteiger partial charge is 0.387 e. The molecule has 2 aromatic rings. The number of aliphatic imine (C=N–C) groups is 1. The van der Waals surface area contributed by atoms with Crippen LogP contribution >= 0.6 is 0 Å². The van der Waals surface area contributed by atoms with E-state index in [1.807, 2.05) is 6.92 Å². The second-order valence-electron chi connectivity index (χ2n) is 5.74. The van der Waals surface area contributed by atoms with Crippen molar-refractivity contribution in [3.8, 4) is 11.5 Å². The lowest BCUT2D eigenvalue weighted by molar-refractivity contribution is -0.0504. The van der Waals surface area contributed by atoms with E-state index in [4.69, 9.17) is 4.74 Å². The molecule has 27 heavy (non-hydrogen) atoms. The number of ether oxygens (including phenoxy) is 2. The van der Waals surface area contributed by atoms with Crippen molar-refractivity contribution in [3.05, 3.63) is 58.9 Å². The third-order valence-corrected chi connectivity index (χ3v) is 3.78. The molecule has 0 saturated heterocycles. The van der Waals surface area contributed by atoms with Crippen LogP contribution in [-0.2, 0) is 13.1 Å². The summed E-state index contributed by atoms with van der Waals surface area (Å²) in [6, 6.07) is 9.62. The van der Waals surface area contributed by atoms with E-state index in [1.54, 1.807) is 31.3 Å². The highest BCUT2D eigenvalue weighted by molar-refractivity contribution is 5.79. The lowest BCUT2D eigenvalue weighted by Gasteiger charge is -2.15. The molecule has 2 N–H and O–H groups in total. The molecular formula is C19H22F3N3O2. The monoisotopic (exact) mass is 381 g/mol. The van der Waals surface area contributed by atoms with Crippen molar-refractivity contribution < 1.29 is 22.6 Å². The van der Waals surface area contributed by atoms with Gasteiger partial charge in [-0.1, -0.05) is 23.8 Å². The molecule has 0 spiro atoms. The van der Waals surface area contributed by atoms with E-state index in [0.29, 0.717) is 23.6 Å². The van der Waals surface area contributed by atoms with Crippen molar-refractivity contribution >= 4 is 5.96 Å². The van der Waals surface area contributed by atoms with Gasteiger partial charge < -0.3 is 20.1 Å². The summed E-state index contributed by atoms with van der Waals surface area (Å²) in [6.45, 7) is -0.468. The number of hydrogen-bond donors (Lipinski definition) is 2. The fraction of sp³-hybridized carbons (Fsp3) is 0.316. The van der Waals surface area contributed by atoms with Crippen LogP contribution in [-0.4, -0.2) is 26.7 Å². The van der Waals surface area contributed by atoms with Crippen molar-refractivity contribution in [2.75, 3.05) is 14.2 Å². The van der Waals surface area contributed by atoms with Crippen LogP contribution in [0.15, 0.2) is 41.4 Å². The predicted octanol–water partition coefficient (Wildman–Crippen LogP) is 3.61. The van der Waals surface area contributed by atoms with Gasteiger partial charge in [-0.25, -0.2) is 4.39 Å². The first-order valence-corrected chi connectivity index (χ1v) is 8.24. The number of hydrogen-bond acceptors (Lipinski definition) is 3. The summed E-state index contributed by atoms with van der Waals surface area (Å²) in [7, 11) is 2.98. The molecule has 8 heteroatoms. The van der Waals surface area contributed by atoms with Gasteiger partial charge >= 0.3 is 6.61 Å². The topological polar surface area (TPSA) is 54.9 Å². The van der Waals surface area contributed by atoms with Gasteiger partial charge in [-0.2, -0.15) is 8.78 Å². The van der Waals surface area contributed by atoms with Gasteiger partial charge in [-0.05, 0) is 30.7 Å². The Morgan fingerprint density at radius 1 is 1.07 bits per heavy atom. The van der Waals surface area contributed by atoms with Crippen LogP contribution in [0.4, 0.5) is 13.2 Å². The molecule has 0 amide bonds. The maximum atomic E-state index is 13.7. The van der Waals surface area contributed by atoms with Crippen molar-refractivity contribution in [2.45, 2.75) is 26.6 Å². The summed E-state index contributed by atoms with van der Waals surface area (Å²) >= 11 is 0. The quantitative estimate of drug-likeness (QED) is 0.568. The van der Waals surface area contributed by atoms with Crippen LogP contribution in [0.1, 0.15) is 16.7 Å². The highest BCUT2D eigenvalue weighted by Gasteiger charge is 2.11. The Hall–Kier alpha value is -2.90. The highest BCUT2D eigenvalue weighted by atomic mass is 19.3. The Morgan fingerprint density at radius 2 is 1.78 bits per heavy atom. The van der Waals surface area contributed by atoms with E-state index in [2.05, 4.69) is 20.4 Å². The summed E-state index contributed by atoms with van der Waals surface area (Å²) < 4.78 is 48.3. The van der Waals surface area contributed by atoms with Gasteiger partial charge in [-0.3, -0.25) is 4.99 Å². The molecule has 0 heterocycles. The Morgan fingerprint density at radius 3 is 2.41 bits per heavy atom. The molecule has 0 fully saturated rings. The highest BCUT2D eigenvalue weighted by Crippen LogP contribution is 2.22. The third-order valence-electron chi connectivity index (χ3n) is 3.78. The number of guanidine groups is 1. The summed E-state index contributed by atoms with van der Waals surface area (Å²) in [5.74, 6) is 0.270. The predicted molar refractivity (Wildman–Crippen MR) is 97.8 cm³/mol. The van der Waals surface area contributed by atoms with Gasteiger partial charge in [0.05, 0.1) is 7.11 Å². The van der Waals surface area contributed by atoms with Crippen molar-refractivity contribution in [1.82, 2.24) is 10.6 Å². The van der Waals surface area contributed by atoms with Gasteiger partial charge in [0.2, 0.25) is 0 Å². The van der Waals surface area contributed by atoms with Gasteiger partial charge in [0.1, 0.15) is 5.75 Å². The molecule has 0 atom stereocenters. The van der Waals surface area contributed by atoms with Crippen LogP contribution in [0.3, 0.4) is 0 Å². The minimum absolute atomic E-state index is 0.107. The van der Waals surface area contributed by atoms with Gasteiger partial charge in [0, 0.05) is 25.7 Å². The minimum Gasteiger partial charge on any atom is -0.494 e. The third kappa shape index (κ3) is 6.09. The summed E-state index contributed by atoms with van der Waals surface area (Å²) in [6.07, 6.45) is 0. The second-order valence-corrected chi connectivity index (χ2v) is 5.74. The minimum atomic E-state index is -2.89. The molecule has 146 valence electrons. The normalized spacial score (nSPS) is 11.4. The average molecular weight is 381 g/mol. The second kappa shape index (κ2) is 9.70. The van der Waals surface area contributed by atoms with Gasteiger partial charge in [-0.15, -0.1) is 0 Å². The number of nitrogens with zero attached hydrogens (tertiary/aromatic N) is 1. The maximum absolute atomic E-state index is 13.7. The first kappa shape index (κ1) is 20.4. The molecule has 0 aromatic heterocycles. The number of nitrogens with one attached hydrogen (secondary N) is 2. The lowest BCUT2D eigenvalue weighted by Crippen LogP contribution is -2.36. The molecule has 0 aliphatic heterocycles. The number of rotatable bonds is 7. The number of halogens is 3. The summed E-state index contributed by atoms with van der Waals surface area (Å²) in [5, 5.41) is 6.07. The van der Waals surface area contributed by atoms with Crippen LogP contribution in [0.25, 0.3) is 0 Å². The lowest BCUT2D eigenvalue weighted by atomic mass is 10.1. The van der Waals surface area contributed by atoms with E-state index >= 15 is 0 Å². The zero-order valence-corrected chi connectivity index (χ0v) is 15.4. The van der Waals surface area contributed by atoms with Gasteiger partial charge in [0.15, 0.2) is 17.5 Å². The van der Waals surface area contributed by atoms with Gasteiger partial charge in [0.25, 0.3) is 0 Å². The number of methoxy groups -OCH3 is 1. The fourth-order valence-corrected chi connectivity index (χ4v) is 2.46. The molecular weight excluding hydrogens is 359 g/mol. The standard InChI is InChI=1S/C19H22F3N3O2/c1-12-4-6-16(27-18(21)22)14(8-12)11-25-19(23-2)24-10-13-5-7-17(26-3)15(20)9-13/h4-9,18H,10-11H2,1-3H3,(H2,23,24,25). The molecule has 2 aromatic carbocycles. The Labute approximate surface area is 156 Å². The van der Waals surface area contributed by atoms with Crippen molar-refractivity contribution in [1.29, 1.82) is 0 Å². The Kier molecular flexibility index (Phi) is 7.34. The molecule has 0 unspecified atom stereocenters. The molecule has 0 saturated carbocycles. The molecule has 0 radical (unpaired) electrons. The van der Waals surface area contributed by atoms with E-state index < -0.39 is 12.4 Å². The maximum Gasteiger partial charge on any atom is 0.387 e. The summed E-state index contributed by atoms with van der Waals surface area (Å²) in [5.41, 5.74) is 2.20. The van der Waals surface area contributed by atoms with E-state index in [9.17, 15) is 13.2 Å². The Bertz CT molecular complexity index is 798. The average Bonchev–Trinajstić information content (AvgIpc) is 2.63. The van der Waals surface area contributed by atoms with Crippen LogP contribution in [0, 0.1) is 12.7 Å². The molecule has 5 nitrogen and oxygen atoms in total. The molecule has 2 rings (SSSR count). The fourth-order valence-electron chi connectivity index (χ4n) is 2.46. The first-order chi connectivity index (χ1) is 12.9. The molecule has 0 bridgehead atoms. The van der Waals surface area contributed by atoms with E-state index in [1.165, 1.54) is 19.2 Å². The molecule has 0 aliphatic carbocycles. The van der Waals surface area contributed by atoms with E-state index in [-0.39, 0.29) is 18.0 Å². The SMILES string of the molecule is CN=C(NCc1ccc(OC)c(F)c1)NCc1cc(C)ccc1OC(F)F. The van der Waals surface area contributed by atoms with E-state index in [0.717, 1.165) is 5.56 Å². The van der Waals surface area contributed by atoms with Crippen LogP contribution in [0.2, 0.25) is 0 Å². The molecule has 0 aliphatic rings. The summed E-state index contributed by atoms with van der Waals surface area (Å²) in [4.78, 5) is 4.07. The zero-order chi connectivity index (χ0) is 19.8. The number of aryl methyl sites for hydroxylation is 1.